The van der Waals surface area contributed by atoms with E-state index in [-0.39, 0.29) is 18.2 Å². The van der Waals surface area contributed by atoms with Gasteiger partial charge in [0.2, 0.25) is 5.91 Å². The Morgan fingerprint density at radius 1 is 1.03 bits per heavy atom. The molecule has 1 aromatic heterocycles. The number of amides is 1. The van der Waals surface area contributed by atoms with Crippen LogP contribution in [-0.4, -0.2) is 47.3 Å². The Kier molecular flexibility index (Phi) is 11.6. The van der Waals surface area contributed by atoms with Gasteiger partial charge in [-0.1, -0.05) is 46.5 Å². The Balaban J connectivity index is 3.03. The van der Waals surface area contributed by atoms with Crippen LogP contribution in [-0.2, 0) is 16.1 Å². The van der Waals surface area contributed by atoms with Crippen LogP contribution in [0.5, 0.6) is 0 Å². The number of ketones is 1. The summed E-state index contributed by atoms with van der Waals surface area (Å²) in [5, 5.41) is 0. The molecule has 0 saturated heterocycles. The maximum absolute atomic E-state index is 13.3. The maximum atomic E-state index is 13.3. The number of esters is 1. The van der Waals surface area contributed by atoms with Gasteiger partial charge in [0.25, 0.3) is 0 Å². The molecule has 176 valence electrons. The quantitative estimate of drug-likeness (QED) is 0.225. The zero-order valence-corrected chi connectivity index (χ0v) is 20.7. The van der Waals surface area contributed by atoms with Gasteiger partial charge in [-0.2, -0.15) is 0 Å². The lowest BCUT2D eigenvalue weighted by atomic mass is 10.0. The molecule has 0 saturated carbocycles. The first-order chi connectivity index (χ1) is 14.7. The number of methoxy groups -OCH3 is 1. The van der Waals surface area contributed by atoms with E-state index in [4.69, 9.17) is 4.74 Å². The smallest absolute Gasteiger partial charge is 0.354 e. The van der Waals surface area contributed by atoms with Crippen molar-refractivity contribution in [1.82, 2.24) is 9.47 Å². The van der Waals surface area contributed by atoms with Crippen molar-refractivity contribution in [2.45, 2.75) is 93.0 Å². The third-order valence-electron chi connectivity index (χ3n) is 5.90. The van der Waals surface area contributed by atoms with Crippen molar-refractivity contribution >= 4 is 17.7 Å². The van der Waals surface area contributed by atoms with E-state index in [9.17, 15) is 14.4 Å². The van der Waals surface area contributed by atoms with Crippen LogP contribution in [0.15, 0.2) is 0 Å². The second-order valence-corrected chi connectivity index (χ2v) is 8.76. The first-order valence-corrected chi connectivity index (χ1v) is 11.8. The van der Waals surface area contributed by atoms with Gasteiger partial charge in [0.1, 0.15) is 5.69 Å². The molecule has 0 aliphatic carbocycles. The van der Waals surface area contributed by atoms with Gasteiger partial charge < -0.3 is 14.2 Å². The molecule has 0 aliphatic rings. The van der Waals surface area contributed by atoms with E-state index in [0.29, 0.717) is 42.2 Å². The normalized spacial score (nSPS) is 11.1. The summed E-state index contributed by atoms with van der Waals surface area (Å²) in [7, 11) is 1.35. The van der Waals surface area contributed by atoms with Crippen LogP contribution >= 0.6 is 0 Å². The number of ether oxygens (including phenoxy) is 1. The fourth-order valence-electron chi connectivity index (χ4n) is 4.06. The summed E-state index contributed by atoms with van der Waals surface area (Å²) >= 11 is 0. The summed E-state index contributed by atoms with van der Waals surface area (Å²) in [6.07, 6.45) is 6.76. The van der Waals surface area contributed by atoms with Gasteiger partial charge in [-0.15, -0.1) is 0 Å². The molecule has 1 amide bonds. The number of rotatable bonds is 14. The molecule has 6 heteroatoms. The maximum Gasteiger partial charge on any atom is 0.354 e. The molecule has 6 nitrogen and oxygen atoms in total. The van der Waals surface area contributed by atoms with Crippen LogP contribution in [0.2, 0.25) is 0 Å². The SMILES string of the molecule is CCCCCCCC(=O)N(CCC(C)C)CC(=O)c1c(C)c(C(=O)OC)n(CC)c1C. The van der Waals surface area contributed by atoms with Gasteiger partial charge in [-0.05, 0) is 45.1 Å². The number of Topliss-reactive ketones (excluding diaryl/α,β-unsaturated/α-hetero) is 1. The lowest BCUT2D eigenvalue weighted by Crippen LogP contribution is -2.37. The Hall–Kier alpha value is -2.11. The predicted octanol–water partition coefficient (Wildman–Crippen LogP) is 5.33. The molecular formula is C25H42N2O4. The minimum Gasteiger partial charge on any atom is -0.464 e. The average Bonchev–Trinajstić information content (AvgIpc) is 2.99. The number of hydrogen-bond acceptors (Lipinski definition) is 4. The van der Waals surface area contributed by atoms with Gasteiger partial charge in [0, 0.05) is 30.8 Å². The van der Waals surface area contributed by atoms with E-state index in [0.717, 1.165) is 31.4 Å². The number of aromatic nitrogens is 1. The van der Waals surface area contributed by atoms with Crippen molar-refractivity contribution in [2.24, 2.45) is 5.92 Å². The first kappa shape index (κ1) is 26.9. The van der Waals surface area contributed by atoms with Crippen molar-refractivity contribution in [3.8, 4) is 0 Å². The highest BCUT2D eigenvalue weighted by Crippen LogP contribution is 2.24. The highest BCUT2D eigenvalue weighted by atomic mass is 16.5. The monoisotopic (exact) mass is 434 g/mol. The molecule has 0 aliphatic heterocycles. The molecule has 0 bridgehead atoms. The second-order valence-electron chi connectivity index (χ2n) is 8.76. The van der Waals surface area contributed by atoms with Crippen LogP contribution in [0.25, 0.3) is 0 Å². The Bertz CT molecular complexity index is 749. The molecule has 0 unspecified atom stereocenters. The molecule has 0 aromatic carbocycles. The van der Waals surface area contributed by atoms with E-state index in [2.05, 4.69) is 20.8 Å². The third-order valence-corrected chi connectivity index (χ3v) is 5.90. The van der Waals surface area contributed by atoms with Crippen molar-refractivity contribution in [1.29, 1.82) is 0 Å². The molecule has 0 fully saturated rings. The Labute approximate surface area is 188 Å². The van der Waals surface area contributed by atoms with Crippen LogP contribution in [0, 0.1) is 19.8 Å². The Morgan fingerprint density at radius 3 is 2.23 bits per heavy atom. The van der Waals surface area contributed by atoms with Gasteiger partial charge >= 0.3 is 5.97 Å². The summed E-state index contributed by atoms with van der Waals surface area (Å²) < 4.78 is 6.75. The molecule has 0 N–H and O–H groups in total. The van der Waals surface area contributed by atoms with Crippen LogP contribution < -0.4 is 0 Å². The largest absolute Gasteiger partial charge is 0.464 e. The molecule has 1 aromatic rings. The summed E-state index contributed by atoms with van der Waals surface area (Å²) in [6, 6.07) is 0. The number of hydrogen-bond donors (Lipinski definition) is 0. The van der Waals surface area contributed by atoms with E-state index in [1.165, 1.54) is 20.0 Å². The lowest BCUT2D eigenvalue weighted by Gasteiger charge is -2.23. The molecule has 0 spiro atoms. The minimum atomic E-state index is -0.443. The summed E-state index contributed by atoms with van der Waals surface area (Å²) in [4.78, 5) is 40.2. The van der Waals surface area contributed by atoms with Gasteiger partial charge in [-0.25, -0.2) is 4.79 Å². The average molecular weight is 435 g/mol. The standard InChI is InChI=1S/C25H42N2O4/c1-8-10-11-12-13-14-22(29)26(16-15-18(3)4)17-21(28)23-19(5)24(25(30)31-7)27(9-2)20(23)6/h18H,8-17H2,1-7H3. The molecule has 1 rings (SSSR count). The van der Waals surface area contributed by atoms with Crippen molar-refractivity contribution < 1.29 is 19.1 Å². The van der Waals surface area contributed by atoms with Gasteiger partial charge in [0.15, 0.2) is 5.78 Å². The lowest BCUT2D eigenvalue weighted by molar-refractivity contribution is -0.131. The molecule has 0 atom stereocenters. The van der Waals surface area contributed by atoms with Crippen LogP contribution in [0.3, 0.4) is 0 Å². The van der Waals surface area contributed by atoms with Crippen molar-refractivity contribution in [3.05, 3.63) is 22.5 Å². The van der Waals surface area contributed by atoms with E-state index in [1.807, 2.05) is 18.4 Å². The minimum absolute atomic E-state index is 0.0453. The van der Waals surface area contributed by atoms with Gasteiger partial charge in [0.05, 0.1) is 13.7 Å². The van der Waals surface area contributed by atoms with Crippen molar-refractivity contribution in [3.63, 3.8) is 0 Å². The van der Waals surface area contributed by atoms with E-state index >= 15 is 0 Å². The van der Waals surface area contributed by atoms with E-state index in [1.54, 1.807) is 11.8 Å². The highest BCUT2D eigenvalue weighted by molar-refractivity contribution is 6.04. The number of nitrogens with zero attached hydrogens (tertiary/aromatic N) is 2. The summed E-state index contributed by atoms with van der Waals surface area (Å²) in [5.74, 6) is -0.0637. The number of carbonyl (C=O) groups excluding carboxylic acids is 3. The molecule has 0 radical (unpaired) electrons. The fraction of sp³-hybridized carbons (Fsp3) is 0.720. The van der Waals surface area contributed by atoms with Gasteiger partial charge in [-0.3, -0.25) is 9.59 Å². The van der Waals surface area contributed by atoms with Crippen LogP contribution in [0.4, 0.5) is 0 Å². The van der Waals surface area contributed by atoms with E-state index < -0.39 is 5.97 Å². The van der Waals surface area contributed by atoms with Crippen molar-refractivity contribution in [2.75, 3.05) is 20.2 Å². The molecule has 31 heavy (non-hydrogen) atoms. The molecular weight excluding hydrogens is 392 g/mol. The Morgan fingerprint density at radius 2 is 1.68 bits per heavy atom. The summed E-state index contributed by atoms with van der Waals surface area (Å²) in [6.45, 7) is 13.2. The highest BCUT2D eigenvalue weighted by Gasteiger charge is 2.28. The summed E-state index contributed by atoms with van der Waals surface area (Å²) in [5.41, 5.74) is 2.34. The van der Waals surface area contributed by atoms with Crippen LogP contribution in [0.1, 0.15) is 105 Å². The predicted molar refractivity (Wildman–Crippen MR) is 125 cm³/mol. The third kappa shape index (κ3) is 7.51. The zero-order chi connectivity index (χ0) is 23.6. The second kappa shape index (κ2) is 13.3. The first-order valence-electron chi connectivity index (χ1n) is 11.8. The number of carbonyl (C=O) groups is 3. The fourth-order valence-corrected chi connectivity index (χ4v) is 4.06. The number of unbranched alkanes of at least 4 members (excludes halogenated alkanes) is 4. The topological polar surface area (TPSA) is 68.6 Å². The molecule has 1 heterocycles. The zero-order valence-electron chi connectivity index (χ0n) is 20.7.